The number of nitrogens with zero attached hydrogens (tertiary/aromatic N) is 3. The van der Waals surface area contributed by atoms with Crippen LogP contribution in [-0.2, 0) is 17.6 Å². The molecule has 2 aromatic rings. The highest BCUT2D eigenvalue weighted by Gasteiger charge is 2.24. The number of nitrogens with one attached hydrogen (secondary N) is 1. The maximum absolute atomic E-state index is 12.9. The molecule has 1 aliphatic rings. The predicted molar refractivity (Wildman–Crippen MR) is 111 cm³/mol. The van der Waals surface area contributed by atoms with Crippen LogP contribution in [0, 0.1) is 0 Å². The Balaban J connectivity index is 1.76. The van der Waals surface area contributed by atoms with Crippen molar-refractivity contribution in [2.45, 2.75) is 33.6 Å². The third-order valence-electron chi connectivity index (χ3n) is 5.26. The fourth-order valence-corrected chi connectivity index (χ4v) is 3.56. The summed E-state index contributed by atoms with van der Waals surface area (Å²) < 4.78 is 0. The smallest absolute Gasteiger partial charge is 0.272 e. The molecule has 1 fully saturated rings. The van der Waals surface area contributed by atoms with Crippen molar-refractivity contribution < 1.29 is 9.59 Å². The molecule has 1 aromatic heterocycles. The van der Waals surface area contributed by atoms with Gasteiger partial charge in [-0.1, -0.05) is 32.0 Å². The summed E-state index contributed by atoms with van der Waals surface area (Å²) in [4.78, 5) is 32.1. The Morgan fingerprint density at radius 1 is 1.00 bits per heavy atom. The number of anilines is 2. The molecule has 1 N–H and O–H groups in total. The zero-order valence-corrected chi connectivity index (χ0v) is 16.9. The summed E-state index contributed by atoms with van der Waals surface area (Å²) in [7, 11) is 0. The van der Waals surface area contributed by atoms with Crippen LogP contribution in [0.25, 0.3) is 0 Å². The van der Waals surface area contributed by atoms with Crippen molar-refractivity contribution in [2.24, 2.45) is 0 Å². The summed E-state index contributed by atoms with van der Waals surface area (Å²) in [6.07, 6.45) is 3.54. The molecule has 2 amide bonds. The standard InChI is InChI=1S/C22H28N4O2/c1-4-17-7-6-8-18(5-2)21(17)24-19-9-10-23-20(15-19)22(28)26-13-11-25(12-14-26)16(3)27/h6-10,15H,4-5,11-14H2,1-3H3,(H,23,24). The lowest BCUT2D eigenvalue weighted by Crippen LogP contribution is -2.50. The molecule has 1 saturated heterocycles. The Bertz CT molecular complexity index is 835. The minimum atomic E-state index is -0.0913. The quantitative estimate of drug-likeness (QED) is 0.865. The Kier molecular flexibility index (Phi) is 6.29. The van der Waals surface area contributed by atoms with Crippen LogP contribution in [0.5, 0.6) is 0 Å². The van der Waals surface area contributed by atoms with E-state index in [-0.39, 0.29) is 11.8 Å². The number of carbonyl (C=O) groups excluding carboxylic acids is 2. The van der Waals surface area contributed by atoms with Gasteiger partial charge in [0.15, 0.2) is 0 Å². The summed E-state index contributed by atoms with van der Waals surface area (Å²) in [5, 5.41) is 3.50. The Hall–Kier alpha value is -2.89. The van der Waals surface area contributed by atoms with E-state index in [0.29, 0.717) is 31.9 Å². The van der Waals surface area contributed by atoms with Crippen molar-refractivity contribution in [3.05, 3.63) is 53.3 Å². The molecule has 0 saturated carbocycles. The second kappa shape index (κ2) is 8.87. The second-order valence-electron chi connectivity index (χ2n) is 7.01. The highest BCUT2D eigenvalue weighted by molar-refractivity contribution is 5.93. The Morgan fingerprint density at radius 2 is 1.61 bits per heavy atom. The van der Waals surface area contributed by atoms with E-state index in [0.717, 1.165) is 24.2 Å². The molecular formula is C22H28N4O2. The second-order valence-corrected chi connectivity index (χ2v) is 7.01. The van der Waals surface area contributed by atoms with E-state index >= 15 is 0 Å². The van der Waals surface area contributed by atoms with Crippen LogP contribution in [0.2, 0.25) is 0 Å². The van der Waals surface area contributed by atoms with E-state index in [9.17, 15) is 9.59 Å². The van der Waals surface area contributed by atoms with Crippen molar-refractivity contribution in [1.29, 1.82) is 0 Å². The SMILES string of the molecule is CCc1cccc(CC)c1Nc1ccnc(C(=O)N2CCN(C(C)=O)CC2)c1. The van der Waals surface area contributed by atoms with Gasteiger partial charge in [-0.05, 0) is 36.1 Å². The van der Waals surface area contributed by atoms with Gasteiger partial charge in [0, 0.05) is 50.7 Å². The zero-order valence-electron chi connectivity index (χ0n) is 16.9. The van der Waals surface area contributed by atoms with Crippen LogP contribution in [-0.4, -0.2) is 52.8 Å². The molecule has 6 heteroatoms. The van der Waals surface area contributed by atoms with E-state index in [1.807, 2.05) is 12.1 Å². The molecule has 0 radical (unpaired) electrons. The first-order valence-electron chi connectivity index (χ1n) is 9.92. The number of piperazine rings is 1. The average molecular weight is 380 g/mol. The average Bonchev–Trinajstić information content (AvgIpc) is 2.73. The Labute approximate surface area is 166 Å². The van der Waals surface area contributed by atoms with E-state index in [2.05, 4.69) is 42.3 Å². The van der Waals surface area contributed by atoms with Gasteiger partial charge in [-0.2, -0.15) is 0 Å². The normalized spacial score (nSPS) is 14.1. The molecule has 148 valence electrons. The third-order valence-corrected chi connectivity index (χ3v) is 5.26. The highest BCUT2D eigenvalue weighted by Crippen LogP contribution is 2.26. The molecule has 0 unspecified atom stereocenters. The fourth-order valence-electron chi connectivity index (χ4n) is 3.56. The molecule has 28 heavy (non-hydrogen) atoms. The van der Waals surface area contributed by atoms with Gasteiger partial charge < -0.3 is 15.1 Å². The monoisotopic (exact) mass is 380 g/mol. The summed E-state index contributed by atoms with van der Waals surface area (Å²) in [5.74, 6) is -0.0379. The van der Waals surface area contributed by atoms with E-state index < -0.39 is 0 Å². The van der Waals surface area contributed by atoms with Crippen molar-refractivity contribution in [2.75, 3.05) is 31.5 Å². The fraction of sp³-hybridized carbons (Fsp3) is 0.409. The number of benzene rings is 1. The number of pyridine rings is 1. The van der Waals surface area contributed by atoms with Crippen LogP contribution in [0.4, 0.5) is 11.4 Å². The molecule has 0 atom stereocenters. The summed E-state index contributed by atoms with van der Waals surface area (Å²) >= 11 is 0. The number of hydrogen-bond acceptors (Lipinski definition) is 4. The number of aryl methyl sites for hydroxylation is 2. The van der Waals surface area contributed by atoms with Gasteiger partial charge >= 0.3 is 0 Å². The van der Waals surface area contributed by atoms with Crippen molar-refractivity contribution in [3.63, 3.8) is 0 Å². The van der Waals surface area contributed by atoms with Gasteiger partial charge in [-0.15, -0.1) is 0 Å². The number of amides is 2. The first kappa shape index (κ1) is 19.9. The zero-order chi connectivity index (χ0) is 20.1. The van der Waals surface area contributed by atoms with Crippen molar-refractivity contribution in [3.8, 4) is 0 Å². The van der Waals surface area contributed by atoms with Crippen molar-refractivity contribution >= 4 is 23.2 Å². The molecule has 1 aliphatic heterocycles. The van der Waals surface area contributed by atoms with Crippen LogP contribution >= 0.6 is 0 Å². The third kappa shape index (κ3) is 4.32. The lowest BCUT2D eigenvalue weighted by molar-refractivity contribution is -0.130. The molecule has 0 bridgehead atoms. The first-order valence-corrected chi connectivity index (χ1v) is 9.92. The Morgan fingerprint density at radius 3 is 2.18 bits per heavy atom. The molecule has 0 aliphatic carbocycles. The van der Waals surface area contributed by atoms with Gasteiger partial charge in [-0.3, -0.25) is 14.6 Å². The van der Waals surface area contributed by atoms with Gasteiger partial charge in [-0.25, -0.2) is 0 Å². The highest BCUT2D eigenvalue weighted by atomic mass is 16.2. The number of aromatic nitrogens is 1. The lowest BCUT2D eigenvalue weighted by Gasteiger charge is -2.34. The summed E-state index contributed by atoms with van der Waals surface area (Å²) in [6.45, 7) is 8.06. The summed E-state index contributed by atoms with van der Waals surface area (Å²) in [5.41, 5.74) is 4.91. The maximum atomic E-state index is 12.9. The number of hydrogen-bond donors (Lipinski definition) is 1. The van der Waals surface area contributed by atoms with Gasteiger partial charge in [0.05, 0.1) is 0 Å². The van der Waals surface area contributed by atoms with Gasteiger partial charge in [0.1, 0.15) is 5.69 Å². The first-order chi connectivity index (χ1) is 13.5. The molecule has 6 nitrogen and oxygen atoms in total. The molecular weight excluding hydrogens is 352 g/mol. The van der Waals surface area contributed by atoms with Crippen molar-refractivity contribution in [1.82, 2.24) is 14.8 Å². The van der Waals surface area contributed by atoms with Gasteiger partial charge in [0.2, 0.25) is 5.91 Å². The number of rotatable bonds is 5. The molecule has 3 rings (SSSR count). The number of para-hydroxylation sites is 1. The van der Waals surface area contributed by atoms with E-state index in [1.54, 1.807) is 22.9 Å². The molecule has 0 spiro atoms. The van der Waals surface area contributed by atoms with E-state index in [1.165, 1.54) is 11.1 Å². The molecule has 1 aromatic carbocycles. The van der Waals surface area contributed by atoms with E-state index in [4.69, 9.17) is 0 Å². The number of carbonyl (C=O) groups is 2. The van der Waals surface area contributed by atoms with Crippen LogP contribution in [0.1, 0.15) is 42.4 Å². The van der Waals surface area contributed by atoms with Crippen LogP contribution < -0.4 is 5.32 Å². The molecule has 2 heterocycles. The minimum absolute atomic E-state index is 0.0535. The van der Waals surface area contributed by atoms with Crippen LogP contribution in [0.3, 0.4) is 0 Å². The summed E-state index contributed by atoms with van der Waals surface area (Å²) in [6, 6.07) is 10.0. The van der Waals surface area contributed by atoms with Gasteiger partial charge in [0.25, 0.3) is 5.91 Å². The topological polar surface area (TPSA) is 65.5 Å². The minimum Gasteiger partial charge on any atom is -0.355 e. The van der Waals surface area contributed by atoms with Crippen LogP contribution in [0.15, 0.2) is 36.5 Å². The maximum Gasteiger partial charge on any atom is 0.272 e. The largest absolute Gasteiger partial charge is 0.355 e. The predicted octanol–water partition coefficient (Wildman–Crippen LogP) is 3.25. The lowest BCUT2D eigenvalue weighted by atomic mass is 10.0.